The van der Waals surface area contributed by atoms with Gasteiger partial charge in [-0.05, 0) is 53.6 Å². The number of fused-ring (bicyclic) bond motifs is 1. The van der Waals surface area contributed by atoms with Gasteiger partial charge in [-0.15, -0.1) is 0 Å². The van der Waals surface area contributed by atoms with E-state index in [0.29, 0.717) is 13.2 Å². The lowest BCUT2D eigenvalue weighted by atomic mass is 10.1. The Hall–Kier alpha value is -2.52. The predicted molar refractivity (Wildman–Crippen MR) is 96.9 cm³/mol. The van der Waals surface area contributed by atoms with Gasteiger partial charge in [-0.3, -0.25) is 0 Å². The highest BCUT2D eigenvalue weighted by Crippen LogP contribution is 2.21. The normalized spacial score (nSPS) is 10.7. The molecular formula is C20H22N2O. The number of nitrogens with one attached hydrogen (secondary N) is 1. The average molecular weight is 306 g/mol. The molecule has 0 bridgehead atoms. The summed E-state index contributed by atoms with van der Waals surface area (Å²) >= 11 is 0. The first-order chi connectivity index (χ1) is 11.4. The van der Waals surface area contributed by atoms with Crippen molar-refractivity contribution in [1.29, 1.82) is 0 Å². The van der Waals surface area contributed by atoms with Crippen LogP contribution in [0.3, 0.4) is 0 Å². The Morgan fingerprint density at radius 2 is 1.65 bits per heavy atom. The Kier molecular flexibility index (Phi) is 5.12. The molecule has 0 aliphatic carbocycles. The first-order valence-electron chi connectivity index (χ1n) is 8.00. The van der Waals surface area contributed by atoms with E-state index in [1.807, 2.05) is 24.3 Å². The van der Waals surface area contributed by atoms with Crippen LogP contribution in [0.1, 0.15) is 12.0 Å². The molecule has 0 aromatic heterocycles. The zero-order valence-electron chi connectivity index (χ0n) is 13.2. The van der Waals surface area contributed by atoms with Crippen molar-refractivity contribution in [3.8, 4) is 5.75 Å². The zero-order chi connectivity index (χ0) is 15.9. The fourth-order valence-electron chi connectivity index (χ4n) is 2.58. The molecule has 0 saturated heterocycles. The van der Waals surface area contributed by atoms with Gasteiger partial charge in [-0.2, -0.15) is 0 Å². The van der Waals surface area contributed by atoms with Crippen LogP contribution < -0.4 is 15.8 Å². The fraction of sp³-hybridized carbons (Fsp3) is 0.200. The van der Waals surface area contributed by atoms with Gasteiger partial charge < -0.3 is 15.8 Å². The Bertz CT molecular complexity index is 748. The second-order valence-electron chi connectivity index (χ2n) is 5.52. The number of hydrogen-bond acceptors (Lipinski definition) is 3. The summed E-state index contributed by atoms with van der Waals surface area (Å²) in [5, 5.41) is 5.82. The number of anilines is 1. The first-order valence-corrected chi connectivity index (χ1v) is 8.00. The molecule has 0 heterocycles. The molecule has 0 atom stereocenters. The summed E-state index contributed by atoms with van der Waals surface area (Å²) in [5.74, 6) is 0.877. The average Bonchev–Trinajstić information content (AvgIpc) is 2.61. The first kappa shape index (κ1) is 15.4. The van der Waals surface area contributed by atoms with Crippen LogP contribution in [0.2, 0.25) is 0 Å². The number of ether oxygens (including phenoxy) is 1. The third-order valence-electron chi connectivity index (χ3n) is 3.84. The van der Waals surface area contributed by atoms with Gasteiger partial charge >= 0.3 is 0 Å². The summed E-state index contributed by atoms with van der Waals surface area (Å²) in [6, 6.07) is 22.8. The van der Waals surface area contributed by atoms with Crippen molar-refractivity contribution in [2.75, 3.05) is 18.4 Å². The quantitative estimate of drug-likeness (QED) is 0.644. The van der Waals surface area contributed by atoms with E-state index in [9.17, 15) is 0 Å². The second kappa shape index (κ2) is 7.65. The summed E-state index contributed by atoms with van der Waals surface area (Å²) in [7, 11) is 0. The second-order valence-corrected chi connectivity index (χ2v) is 5.52. The molecule has 0 aliphatic rings. The third kappa shape index (κ3) is 4.02. The highest BCUT2D eigenvalue weighted by atomic mass is 16.5. The van der Waals surface area contributed by atoms with Gasteiger partial charge in [0.1, 0.15) is 12.4 Å². The Balaban J connectivity index is 1.63. The van der Waals surface area contributed by atoms with Crippen molar-refractivity contribution >= 4 is 16.5 Å². The molecule has 23 heavy (non-hydrogen) atoms. The molecule has 0 unspecified atom stereocenters. The Morgan fingerprint density at radius 1 is 0.870 bits per heavy atom. The van der Waals surface area contributed by atoms with Crippen LogP contribution in [0.25, 0.3) is 10.8 Å². The van der Waals surface area contributed by atoms with E-state index in [1.54, 1.807) is 0 Å². The van der Waals surface area contributed by atoms with Gasteiger partial charge in [-0.1, -0.05) is 42.5 Å². The van der Waals surface area contributed by atoms with Crippen molar-refractivity contribution in [2.45, 2.75) is 13.0 Å². The number of rotatable bonds is 7. The van der Waals surface area contributed by atoms with Gasteiger partial charge in [0.25, 0.3) is 0 Å². The van der Waals surface area contributed by atoms with Gasteiger partial charge in [0.05, 0.1) is 0 Å². The van der Waals surface area contributed by atoms with E-state index in [2.05, 4.69) is 47.8 Å². The topological polar surface area (TPSA) is 47.3 Å². The molecule has 0 saturated carbocycles. The SMILES string of the molecule is NCCCNc1ccc(OCc2cccc3ccccc23)cc1. The van der Waals surface area contributed by atoms with Crippen molar-refractivity contribution in [2.24, 2.45) is 5.73 Å². The monoisotopic (exact) mass is 306 g/mol. The van der Waals surface area contributed by atoms with Crippen LogP contribution in [0, 0.1) is 0 Å². The van der Waals surface area contributed by atoms with Gasteiger partial charge in [0, 0.05) is 12.2 Å². The molecule has 3 N–H and O–H groups in total. The van der Waals surface area contributed by atoms with Crippen molar-refractivity contribution in [3.05, 3.63) is 72.3 Å². The standard InChI is InChI=1S/C20H22N2O/c21-13-4-14-22-18-9-11-19(12-10-18)23-15-17-7-3-6-16-5-1-2-8-20(16)17/h1-3,5-12,22H,4,13-15,21H2. The number of hydrogen-bond donors (Lipinski definition) is 2. The lowest BCUT2D eigenvalue weighted by Gasteiger charge is -2.10. The van der Waals surface area contributed by atoms with Crippen LogP contribution in [0.4, 0.5) is 5.69 Å². The molecule has 0 radical (unpaired) electrons. The van der Waals surface area contributed by atoms with E-state index in [4.69, 9.17) is 10.5 Å². The van der Waals surface area contributed by atoms with Crippen LogP contribution >= 0.6 is 0 Å². The summed E-state index contributed by atoms with van der Waals surface area (Å²) < 4.78 is 5.93. The van der Waals surface area contributed by atoms with Crippen LogP contribution in [-0.4, -0.2) is 13.1 Å². The lowest BCUT2D eigenvalue weighted by molar-refractivity contribution is 0.308. The van der Waals surface area contributed by atoms with E-state index in [1.165, 1.54) is 16.3 Å². The summed E-state index contributed by atoms with van der Waals surface area (Å²) in [4.78, 5) is 0. The lowest BCUT2D eigenvalue weighted by Crippen LogP contribution is -2.08. The minimum atomic E-state index is 0.571. The highest BCUT2D eigenvalue weighted by Gasteiger charge is 2.01. The van der Waals surface area contributed by atoms with Crippen LogP contribution in [0.5, 0.6) is 5.75 Å². The predicted octanol–water partition coefficient (Wildman–Crippen LogP) is 4.18. The molecule has 0 amide bonds. The van der Waals surface area contributed by atoms with Gasteiger partial charge in [0.15, 0.2) is 0 Å². The smallest absolute Gasteiger partial charge is 0.119 e. The van der Waals surface area contributed by atoms with E-state index < -0.39 is 0 Å². The maximum absolute atomic E-state index is 5.93. The summed E-state index contributed by atoms with van der Waals surface area (Å²) in [6.45, 7) is 2.17. The molecule has 3 aromatic carbocycles. The van der Waals surface area contributed by atoms with E-state index in [-0.39, 0.29) is 0 Å². The van der Waals surface area contributed by atoms with Crippen molar-refractivity contribution in [1.82, 2.24) is 0 Å². The minimum absolute atomic E-state index is 0.571. The number of nitrogens with two attached hydrogens (primary N) is 1. The van der Waals surface area contributed by atoms with Crippen molar-refractivity contribution in [3.63, 3.8) is 0 Å². The molecule has 0 aliphatic heterocycles. The number of benzene rings is 3. The minimum Gasteiger partial charge on any atom is -0.489 e. The molecule has 3 nitrogen and oxygen atoms in total. The van der Waals surface area contributed by atoms with Crippen LogP contribution in [-0.2, 0) is 6.61 Å². The Morgan fingerprint density at radius 3 is 2.48 bits per heavy atom. The molecule has 3 aromatic rings. The molecule has 3 rings (SSSR count). The molecule has 3 heteroatoms. The molecule has 0 fully saturated rings. The van der Waals surface area contributed by atoms with E-state index >= 15 is 0 Å². The molecular weight excluding hydrogens is 284 g/mol. The maximum Gasteiger partial charge on any atom is 0.119 e. The maximum atomic E-state index is 5.93. The Labute approximate surface area is 137 Å². The largest absolute Gasteiger partial charge is 0.489 e. The van der Waals surface area contributed by atoms with Gasteiger partial charge in [-0.25, -0.2) is 0 Å². The van der Waals surface area contributed by atoms with Gasteiger partial charge in [0.2, 0.25) is 0 Å². The molecule has 118 valence electrons. The fourth-order valence-corrected chi connectivity index (χ4v) is 2.58. The van der Waals surface area contributed by atoms with Crippen LogP contribution in [0.15, 0.2) is 66.7 Å². The third-order valence-corrected chi connectivity index (χ3v) is 3.84. The van der Waals surface area contributed by atoms with Crippen molar-refractivity contribution < 1.29 is 4.74 Å². The summed E-state index contributed by atoms with van der Waals surface area (Å²) in [6.07, 6.45) is 0.972. The highest BCUT2D eigenvalue weighted by molar-refractivity contribution is 5.85. The summed E-state index contributed by atoms with van der Waals surface area (Å²) in [5.41, 5.74) is 7.79. The molecule has 0 spiro atoms. The van der Waals surface area contributed by atoms with E-state index in [0.717, 1.165) is 24.4 Å². The zero-order valence-corrected chi connectivity index (χ0v) is 13.2.